The Morgan fingerprint density at radius 1 is 0.938 bits per heavy atom. The van der Waals surface area contributed by atoms with Crippen LogP contribution in [0.4, 0.5) is 0 Å². The molecule has 2 aliphatic heterocycles. The lowest BCUT2D eigenvalue weighted by atomic mass is 10.0. The number of rotatable bonds is 6. The third-order valence-electron chi connectivity index (χ3n) is 5.72. The molecule has 0 radical (unpaired) electrons. The minimum absolute atomic E-state index is 0.0203. The molecule has 6 heteroatoms. The Kier molecular flexibility index (Phi) is 6.33. The highest BCUT2D eigenvalue weighted by Crippen LogP contribution is 2.33. The van der Waals surface area contributed by atoms with Gasteiger partial charge in [0.15, 0.2) is 0 Å². The van der Waals surface area contributed by atoms with E-state index < -0.39 is 0 Å². The van der Waals surface area contributed by atoms with Crippen molar-refractivity contribution in [3.63, 3.8) is 0 Å². The number of amides is 2. The molecule has 2 unspecified atom stereocenters. The molecule has 0 bridgehead atoms. The second-order valence-corrected chi connectivity index (χ2v) is 8.69. The maximum Gasteiger partial charge on any atom is 0.277 e. The highest BCUT2D eigenvalue weighted by Gasteiger charge is 2.42. The third-order valence-corrected chi connectivity index (χ3v) is 5.72. The summed E-state index contributed by atoms with van der Waals surface area (Å²) in [4.78, 5) is 30.2. The van der Waals surface area contributed by atoms with Crippen LogP contribution in [0.2, 0.25) is 0 Å². The Balaban J connectivity index is 1.57. The van der Waals surface area contributed by atoms with Crippen molar-refractivity contribution < 1.29 is 19.1 Å². The first-order valence-corrected chi connectivity index (χ1v) is 11.1. The lowest BCUT2D eigenvalue weighted by Gasteiger charge is -2.37. The van der Waals surface area contributed by atoms with Crippen molar-refractivity contribution in [2.75, 3.05) is 26.2 Å². The van der Waals surface area contributed by atoms with Gasteiger partial charge in [-0.1, -0.05) is 36.4 Å². The highest BCUT2D eigenvalue weighted by molar-refractivity contribution is 6.35. The number of aryl methyl sites for hydroxylation is 2. The van der Waals surface area contributed by atoms with Gasteiger partial charge in [-0.2, -0.15) is 0 Å². The monoisotopic (exact) mass is 434 g/mol. The minimum atomic E-state index is -0.271. The molecule has 0 aliphatic carbocycles. The SMILES string of the molecule is Cc1cc(C)cc(OCCN2C(=O)C(c3ccccc3)=C(N3CC(C)OC(C)C3)C2=O)c1. The van der Waals surface area contributed by atoms with Crippen molar-refractivity contribution in [1.82, 2.24) is 9.80 Å². The standard InChI is InChI=1S/C26H30N2O4/c1-17-12-18(2)14-22(13-17)31-11-10-28-25(29)23(21-8-6-5-7-9-21)24(26(28)30)27-15-19(3)32-20(4)16-27/h5-9,12-14,19-20H,10-11,15-16H2,1-4H3. The van der Waals surface area contributed by atoms with E-state index in [1.807, 2.05) is 75.1 Å². The van der Waals surface area contributed by atoms with Gasteiger partial charge in [-0.15, -0.1) is 0 Å². The van der Waals surface area contributed by atoms with Gasteiger partial charge in [0.2, 0.25) is 0 Å². The van der Waals surface area contributed by atoms with Crippen LogP contribution >= 0.6 is 0 Å². The van der Waals surface area contributed by atoms with Crippen LogP contribution in [0.1, 0.15) is 30.5 Å². The Morgan fingerprint density at radius 2 is 1.56 bits per heavy atom. The van der Waals surface area contributed by atoms with Gasteiger partial charge >= 0.3 is 0 Å². The van der Waals surface area contributed by atoms with Gasteiger partial charge in [0.25, 0.3) is 11.8 Å². The lowest BCUT2D eigenvalue weighted by molar-refractivity contribution is -0.138. The molecule has 2 heterocycles. The molecule has 1 fully saturated rings. The predicted octanol–water partition coefficient (Wildman–Crippen LogP) is 3.57. The van der Waals surface area contributed by atoms with E-state index in [9.17, 15) is 9.59 Å². The topological polar surface area (TPSA) is 59.1 Å². The summed E-state index contributed by atoms with van der Waals surface area (Å²) in [5.41, 5.74) is 3.90. The first-order chi connectivity index (χ1) is 15.3. The molecule has 0 spiro atoms. The van der Waals surface area contributed by atoms with Crippen molar-refractivity contribution >= 4 is 17.4 Å². The van der Waals surface area contributed by atoms with Crippen molar-refractivity contribution in [3.8, 4) is 5.75 Å². The first-order valence-electron chi connectivity index (χ1n) is 11.1. The molecule has 2 aromatic rings. The highest BCUT2D eigenvalue weighted by atomic mass is 16.5. The number of nitrogens with zero attached hydrogens (tertiary/aromatic N) is 2. The number of carbonyl (C=O) groups excluding carboxylic acids is 2. The Bertz CT molecular complexity index is 1020. The smallest absolute Gasteiger partial charge is 0.277 e. The molecule has 168 valence electrons. The summed E-state index contributed by atoms with van der Waals surface area (Å²) >= 11 is 0. The number of hydrogen-bond donors (Lipinski definition) is 0. The summed E-state index contributed by atoms with van der Waals surface area (Å²) in [6.45, 7) is 9.58. The van der Waals surface area contributed by atoms with Crippen molar-refractivity contribution in [2.24, 2.45) is 0 Å². The maximum absolute atomic E-state index is 13.5. The van der Waals surface area contributed by atoms with Crippen molar-refractivity contribution in [3.05, 3.63) is 70.9 Å². The Hall–Kier alpha value is -3.12. The van der Waals surface area contributed by atoms with E-state index in [0.717, 1.165) is 22.4 Å². The average Bonchev–Trinajstić information content (AvgIpc) is 2.97. The minimum Gasteiger partial charge on any atom is -0.492 e. The summed E-state index contributed by atoms with van der Waals surface area (Å²) < 4.78 is 11.7. The number of benzene rings is 2. The molecule has 0 aromatic heterocycles. The molecule has 2 aromatic carbocycles. The third kappa shape index (κ3) is 4.55. The van der Waals surface area contributed by atoms with Crippen LogP contribution in [-0.4, -0.2) is 60.1 Å². The summed E-state index contributed by atoms with van der Waals surface area (Å²) in [7, 11) is 0. The van der Waals surface area contributed by atoms with E-state index in [1.54, 1.807) is 0 Å². The fourth-order valence-corrected chi connectivity index (χ4v) is 4.56. The molecule has 0 N–H and O–H groups in total. The van der Waals surface area contributed by atoms with Crippen LogP contribution in [-0.2, 0) is 14.3 Å². The largest absolute Gasteiger partial charge is 0.492 e. The van der Waals surface area contributed by atoms with Crippen LogP contribution in [0.15, 0.2) is 54.2 Å². The Morgan fingerprint density at radius 3 is 2.19 bits per heavy atom. The lowest BCUT2D eigenvalue weighted by Crippen LogP contribution is -2.47. The summed E-state index contributed by atoms with van der Waals surface area (Å²) in [6.07, 6.45) is -0.0405. The van der Waals surface area contributed by atoms with Crippen LogP contribution in [0.3, 0.4) is 0 Å². The van der Waals surface area contributed by atoms with Crippen LogP contribution in [0.25, 0.3) is 5.57 Å². The molecular weight excluding hydrogens is 404 g/mol. The second kappa shape index (κ2) is 9.17. The molecular formula is C26H30N2O4. The fourth-order valence-electron chi connectivity index (χ4n) is 4.56. The van der Waals surface area contributed by atoms with Gasteiger partial charge in [-0.25, -0.2) is 0 Å². The number of hydrogen-bond acceptors (Lipinski definition) is 5. The summed E-state index contributed by atoms with van der Waals surface area (Å²) in [5, 5.41) is 0. The van der Waals surface area contributed by atoms with Gasteiger partial charge < -0.3 is 14.4 Å². The zero-order valence-electron chi connectivity index (χ0n) is 19.1. The van der Waals surface area contributed by atoms with E-state index in [-0.39, 0.29) is 37.2 Å². The van der Waals surface area contributed by atoms with E-state index in [0.29, 0.717) is 24.4 Å². The van der Waals surface area contributed by atoms with Gasteiger partial charge in [0, 0.05) is 13.1 Å². The maximum atomic E-state index is 13.5. The second-order valence-electron chi connectivity index (χ2n) is 8.69. The normalized spacial score (nSPS) is 21.5. The number of ether oxygens (including phenoxy) is 2. The fraction of sp³-hybridized carbons (Fsp3) is 0.385. The zero-order chi connectivity index (χ0) is 22.8. The van der Waals surface area contributed by atoms with Gasteiger partial charge in [0.1, 0.15) is 18.1 Å². The molecule has 4 rings (SSSR count). The van der Waals surface area contributed by atoms with Crippen LogP contribution in [0.5, 0.6) is 5.75 Å². The quantitative estimate of drug-likeness (QED) is 0.651. The number of morpholine rings is 1. The van der Waals surface area contributed by atoms with Gasteiger partial charge in [-0.05, 0) is 56.5 Å². The van der Waals surface area contributed by atoms with E-state index in [2.05, 4.69) is 6.07 Å². The van der Waals surface area contributed by atoms with E-state index >= 15 is 0 Å². The molecule has 2 aliphatic rings. The molecule has 2 amide bonds. The zero-order valence-corrected chi connectivity index (χ0v) is 19.1. The van der Waals surface area contributed by atoms with E-state index in [4.69, 9.17) is 9.47 Å². The molecule has 1 saturated heterocycles. The Labute approximate surface area is 189 Å². The number of carbonyl (C=O) groups is 2. The van der Waals surface area contributed by atoms with Crippen LogP contribution < -0.4 is 4.74 Å². The van der Waals surface area contributed by atoms with Crippen molar-refractivity contribution in [2.45, 2.75) is 39.9 Å². The van der Waals surface area contributed by atoms with Crippen molar-refractivity contribution in [1.29, 1.82) is 0 Å². The number of imide groups is 1. The summed E-state index contributed by atoms with van der Waals surface area (Å²) in [5.74, 6) is 0.208. The van der Waals surface area contributed by atoms with Gasteiger partial charge in [-0.3, -0.25) is 14.5 Å². The average molecular weight is 435 g/mol. The molecule has 32 heavy (non-hydrogen) atoms. The predicted molar refractivity (Wildman–Crippen MR) is 123 cm³/mol. The molecule has 6 nitrogen and oxygen atoms in total. The first kappa shape index (κ1) is 22.1. The summed E-state index contributed by atoms with van der Waals surface area (Å²) in [6, 6.07) is 15.4. The van der Waals surface area contributed by atoms with Gasteiger partial charge in [0.05, 0.1) is 24.3 Å². The molecule has 2 atom stereocenters. The van der Waals surface area contributed by atoms with Crippen LogP contribution in [0, 0.1) is 13.8 Å². The molecule has 0 saturated carbocycles. The van der Waals surface area contributed by atoms with E-state index in [1.165, 1.54) is 4.90 Å².